The number of ether oxygens (including phenoxy) is 2. The van der Waals surface area contributed by atoms with E-state index in [0.717, 1.165) is 64.2 Å². The first-order chi connectivity index (χ1) is 28.1. The van der Waals surface area contributed by atoms with Gasteiger partial charge in [-0.15, -0.1) is 0 Å². The molecule has 0 aliphatic rings. The van der Waals surface area contributed by atoms with Crippen LogP contribution in [-0.4, -0.2) is 36.4 Å². The molecule has 57 heavy (non-hydrogen) atoms. The molecular formula is C52H96O5. The molecular weight excluding hydrogens is 705 g/mol. The molecule has 0 aromatic carbocycles. The smallest absolute Gasteiger partial charge is 0.306 e. The van der Waals surface area contributed by atoms with Crippen LogP contribution in [0.4, 0.5) is 0 Å². The number of carbonyl (C=O) groups is 2. The first-order valence-electron chi connectivity index (χ1n) is 25.0. The molecule has 334 valence electrons. The molecule has 5 heteroatoms. The van der Waals surface area contributed by atoms with Crippen molar-refractivity contribution in [2.75, 3.05) is 13.2 Å². The molecule has 0 saturated carbocycles. The third kappa shape index (κ3) is 46.7. The molecule has 0 radical (unpaired) electrons. The fourth-order valence-corrected chi connectivity index (χ4v) is 7.45. The van der Waals surface area contributed by atoms with Gasteiger partial charge in [0.2, 0.25) is 0 Å². The molecule has 0 heterocycles. The maximum atomic E-state index is 12.2. The summed E-state index contributed by atoms with van der Waals surface area (Å²) in [7, 11) is 0. The van der Waals surface area contributed by atoms with Gasteiger partial charge in [0, 0.05) is 12.8 Å². The van der Waals surface area contributed by atoms with Crippen LogP contribution in [-0.2, 0) is 19.1 Å². The molecule has 0 amide bonds. The van der Waals surface area contributed by atoms with Gasteiger partial charge in [-0.05, 0) is 44.9 Å². The SMILES string of the molecule is CC/C=C\C/C=C\C/C=C\CCCCCC(=O)OC(CO)COC(=O)CCCCCCCCCCCCCCCCCCCCCCCCCCCCCCCC. The summed E-state index contributed by atoms with van der Waals surface area (Å²) in [6.45, 7) is 4.03. The zero-order valence-electron chi connectivity index (χ0n) is 38.1. The van der Waals surface area contributed by atoms with Gasteiger partial charge >= 0.3 is 11.9 Å². The van der Waals surface area contributed by atoms with E-state index in [1.807, 2.05) is 0 Å². The van der Waals surface area contributed by atoms with Crippen LogP contribution in [0.3, 0.4) is 0 Å². The molecule has 0 aliphatic heterocycles. The molecule has 0 aromatic heterocycles. The van der Waals surface area contributed by atoms with E-state index in [1.165, 1.54) is 173 Å². The Morgan fingerprint density at radius 1 is 0.421 bits per heavy atom. The summed E-state index contributed by atoms with van der Waals surface area (Å²) in [4.78, 5) is 24.3. The number of allylic oxidation sites excluding steroid dienone is 6. The van der Waals surface area contributed by atoms with Gasteiger partial charge in [-0.25, -0.2) is 0 Å². The molecule has 0 rings (SSSR count). The van der Waals surface area contributed by atoms with Crippen LogP contribution in [0.15, 0.2) is 36.5 Å². The van der Waals surface area contributed by atoms with Crippen molar-refractivity contribution in [1.29, 1.82) is 0 Å². The highest BCUT2D eigenvalue weighted by Crippen LogP contribution is 2.17. The Morgan fingerprint density at radius 3 is 1.14 bits per heavy atom. The number of unbranched alkanes of at least 4 members (excludes halogenated alkanes) is 32. The maximum Gasteiger partial charge on any atom is 0.306 e. The lowest BCUT2D eigenvalue weighted by Crippen LogP contribution is -2.28. The van der Waals surface area contributed by atoms with Gasteiger partial charge in [0.25, 0.3) is 0 Å². The van der Waals surface area contributed by atoms with Crippen molar-refractivity contribution < 1.29 is 24.2 Å². The van der Waals surface area contributed by atoms with Crippen molar-refractivity contribution in [2.45, 2.75) is 270 Å². The van der Waals surface area contributed by atoms with Gasteiger partial charge in [-0.3, -0.25) is 9.59 Å². The fraction of sp³-hybridized carbons (Fsp3) is 0.846. The van der Waals surface area contributed by atoms with Gasteiger partial charge in [-0.2, -0.15) is 0 Å². The topological polar surface area (TPSA) is 72.8 Å². The second-order valence-corrected chi connectivity index (χ2v) is 16.9. The number of carbonyl (C=O) groups excluding carboxylic acids is 2. The lowest BCUT2D eigenvalue weighted by Gasteiger charge is -2.15. The fourth-order valence-electron chi connectivity index (χ4n) is 7.45. The molecule has 1 unspecified atom stereocenters. The van der Waals surface area contributed by atoms with Crippen LogP contribution in [0.25, 0.3) is 0 Å². The number of rotatable bonds is 46. The van der Waals surface area contributed by atoms with Crippen LogP contribution in [0, 0.1) is 0 Å². The quantitative estimate of drug-likeness (QED) is 0.0377. The summed E-state index contributed by atoms with van der Waals surface area (Å²) >= 11 is 0. The molecule has 0 saturated heterocycles. The first kappa shape index (κ1) is 55.1. The van der Waals surface area contributed by atoms with Gasteiger partial charge < -0.3 is 14.6 Å². The van der Waals surface area contributed by atoms with Gasteiger partial charge in [0.15, 0.2) is 6.10 Å². The van der Waals surface area contributed by atoms with Crippen LogP contribution in [0.2, 0.25) is 0 Å². The minimum absolute atomic E-state index is 0.0746. The van der Waals surface area contributed by atoms with Crippen molar-refractivity contribution in [3.05, 3.63) is 36.5 Å². The molecule has 0 aromatic rings. The molecule has 1 N–H and O–H groups in total. The highest BCUT2D eigenvalue weighted by molar-refractivity contribution is 5.70. The highest BCUT2D eigenvalue weighted by atomic mass is 16.6. The summed E-state index contributed by atoms with van der Waals surface area (Å²) in [6, 6.07) is 0. The Labute approximate surface area is 355 Å². The number of hydrogen-bond acceptors (Lipinski definition) is 5. The number of aliphatic hydroxyl groups is 1. The lowest BCUT2D eigenvalue weighted by molar-refractivity contribution is -0.161. The van der Waals surface area contributed by atoms with E-state index in [1.54, 1.807) is 0 Å². The average molecular weight is 801 g/mol. The Hall–Kier alpha value is -1.88. The largest absolute Gasteiger partial charge is 0.462 e. The van der Waals surface area contributed by atoms with Crippen molar-refractivity contribution >= 4 is 11.9 Å². The maximum absolute atomic E-state index is 12.2. The first-order valence-corrected chi connectivity index (χ1v) is 25.0. The van der Waals surface area contributed by atoms with Gasteiger partial charge in [0.05, 0.1) is 6.61 Å². The minimum Gasteiger partial charge on any atom is -0.462 e. The predicted octanol–water partition coefficient (Wildman–Crippen LogP) is 16.4. The van der Waals surface area contributed by atoms with Crippen LogP contribution in [0.5, 0.6) is 0 Å². The summed E-state index contributed by atoms with van der Waals surface area (Å²) in [5, 5.41) is 9.58. The summed E-state index contributed by atoms with van der Waals surface area (Å²) in [6.07, 6.45) is 61.2. The lowest BCUT2D eigenvalue weighted by atomic mass is 10.0. The second kappa shape index (κ2) is 48.5. The van der Waals surface area contributed by atoms with Crippen LogP contribution in [0.1, 0.15) is 264 Å². The Bertz CT molecular complexity index is 908. The number of esters is 2. The van der Waals surface area contributed by atoms with E-state index in [4.69, 9.17) is 9.47 Å². The van der Waals surface area contributed by atoms with E-state index in [2.05, 4.69) is 50.3 Å². The second-order valence-electron chi connectivity index (χ2n) is 16.9. The van der Waals surface area contributed by atoms with Crippen molar-refractivity contribution in [3.63, 3.8) is 0 Å². The molecule has 0 bridgehead atoms. The zero-order valence-corrected chi connectivity index (χ0v) is 38.1. The number of aliphatic hydroxyl groups excluding tert-OH is 1. The third-order valence-electron chi connectivity index (χ3n) is 11.2. The van der Waals surface area contributed by atoms with Crippen molar-refractivity contribution in [1.82, 2.24) is 0 Å². The van der Waals surface area contributed by atoms with E-state index in [-0.39, 0.29) is 25.2 Å². The molecule has 0 spiro atoms. The minimum atomic E-state index is -0.784. The normalized spacial score (nSPS) is 12.4. The average Bonchev–Trinajstić information content (AvgIpc) is 3.21. The zero-order chi connectivity index (χ0) is 41.4. The standard InChI is InChI=1S/C52H96O5/c1-3-5-7-9-11-13-15-17-18-19-20-21-22-23-24-25-26-27-28-29-30-31-32-33-35-36-38-40-42-44-46-51(54)56-49-50(48-53)57-52(55)47-45-43-41-39-37-34-16-14-12-10-8-6-4-2/h6,8,12,14,34,37,50,53H,3-5,7,9-11,13,15-33,35-36,38-49H2,1-2H3/b8-6-,14-12-,37-34-. The van der Waals surface area contributed by atoms with Gasteiger partial charge in [-0.1, -0.05) is 243 Å². The van der Waals surface area contributed by atoms with Gasteiger partial charge in [0.1, 0.15) is 6.61 Å². The van der Waals surface area contributed by atoms with Crippen molar-refractivity contribution in [2.24, 2.45) is 0 Å². The van der Waals surface area contributed by atoms with Crippen LogP contribution < -0.4 is 0 Å². The summed E-state index contributed by atoms with van der Waals surface area (Å²) in [5.74, 6) is -0.615. The Kier molecular flexibility index (Phi) is 46.9. The summed E-state index contributed by atoms with van der Waals surface area (Å²) in [5.41, 5.74) is 0. The molecule has 5 nitrogen and oxygen atoms in total. The Balaban J connectivity index is 3.41. The van der Waals surface area contributed by atoms with E-state index in [0.29, 0.717) is 12.8 Å². The highest BCUT2D eigenvalue weighted by Gasteiger charge is 2.16. The predicted molar refractivity (Wildman–Crippen MR) is 247 cm³/mol. The molecule has 1 atom stereocenters. The number of hydrogen-bond donors (Lipinski definition) is 1. The van der Waals surface area contributed by atoms with E-state index < -0.39 is 6.10 Å². The third-order valence-corrected chi connectivity index (χ3v) is 11.2. The van der Waals surface area contributed by atoms with E-state index in [9.17, 15) is 14.7 Å². The monoisotopic (exact) mass is 801 g/mol. The van der Waals surface area contributed by atoms with E-state index >= 15 is 0 Å². The summed E-state index contributed by atoms with van der Waals surface area (Å²) < 4.78 is 10.6. The molecule has 0 aliphatic carbocycles. The molecule has 0 fully saturated rings. The van der Waals surface area contributed by atoms with Crippen LogP contribution >= 0.6 is 0 Å². The Morgan fingerprint density at radius 2 is 0.754 bits per heavy atom. The van der Waals surface area contributed by atoms with Crippen molar-refractivity contribution in [3.8, 4) is 0 Å².